The maximum Gasteiger partial charge on any atom is 0.271 e. The molecule has 0 radical (unpaired) electrons. The van der Waals surface area contributed by atoms with Gasteiger partial charge in [0, 0.05) is 22.3 Å². The minimum absolute atomic E-state index is 0.241. The lowest BCUT2D eigenvalue weighted by Crippen LogP contribution is -2.24. The molecule has 25 heavy (non-hydrogen) atoms. The summed E-state index contributed by atoms with van der Waals surface area (Å²) >= 11 is 11.9. The van der Waals surface area contributed by atoms with Crippen molar-refractivity contribution in [3.8, 4) is 0 Å². The highest BCUT2D eigenvalue weighted by Crippen LogP contribution is 2.24. The molecule has 0 saturated carbocycles. The fraction of sp³-hybridized carbons (Fsp3) is 0.0556. The number of halogens is 2. The summed E-state index contributed by atoms with van der Waals surface area (Å²) in [7, 11) is 0. The second kappa shape index (κ2) is 7.96. The molecule has 0 unspecified atom stereocenters. The molecular weight excluding hydrogens is 359 g/mol. The van der Waals surface area contributed by atoms with Crippen LogP contribution in [0.15, 0.2) is 60.9 Å². The van der Waals surface area contributed by atoms with E-state index in [1.165, 1.54) is 12.4 Å². The van der Waals surface area contributed by atoms with Crippen LogP contribution in [0, 0.1) is 0 Å². The predicted molar refractivity (Wildman–Crippen MR) is 99.4 cm³/mol. The fourth-order valence-electron chi connectivity index (χ4n) is 2.15. The molecule has 0 bridgehead atoms. The Morgan fingerprint density at radius 2 is 1.68 bits per heavy atom. The van der Waals surface area contributed by atoms with E-state index in [-0.39, 0.29) is 11.6 Å². The molecule has 1 heterocycles. The number of rotatable bonds is 5. The van der Waals surface area contributed by atoms with Crippen LogP contribution in [0.2, 0.25) is 10.0 Å². The topological polar surface area (TPSA) is 66.9 Å². The van der Waals surface area contributed by atoms with Gasteiger partial charge in [0.25, 0.3) is 5.91 Å². The molecule has 0 aliphatic heterocycles. The fourth-order valence-corrected chi connectivity index (χ4v) is 2.68. The lowest BCUT2D eigenvalue weighted by Gasteiger charge is -2.08. The van der Waals surface area contributed by atoms with Gasteiger partial charge in [-0.2, -0.15) is 0 Å². The van der Waals surface area contributed by atoms with Gasteiger partial charge in [-0.25, -0.2) is 9.97 Å². The van der Waals surface area contributed by atoms with Gasteiger partial charge in [0.2, 0.25) is 0 Å². The number of hydrogen-bond acceptors (Lipinski definition) is 4. The highest BCUT2D eigenvalue weighted by Gasteiger charge is 2.08. The first kappa shape index (κ1) is 17.2. The van der Waals surface area contributed by atoms with Gasteiger partial charge >= 0.3 is 0 Å². The zero-order chi connectivity index (χ0) is 17.6. The molecule has 0 fully saturated rings. The van der Waals surface area contributed by atoms with E-state index in [1.807, 2.05) is 30.3 Å². The van der Waals surface area contributed by atoms with Crippen LogP contribution >= 0.6 is 23.2 Å². The van der Waals surface area contributed by atoms with Gasteiger partial charge in [-0.1, -0.05) is 53.5 Å². The molecule has 0 aliphatic carbocycles. The lowest BCUT2D eigenvalue weighted by molar-refractivity contribution is 0.0945. The van der Waals surface area contributed by atoms with Crippen molar-refractivity contribution in [2.45, 2.75) is 6.54 Å². The van der Waals surface area contributed by atoms with Crippen molar-refractivity contribution >= 4 is 40.6 Å². The van der Waals surface area contributed by atoms with Crippen molar-refractivity contribution in [2.24, 2.45) is 0 Å². The van der Waals surface area contributed by atoms with Crippen LogP contribution in [0.1, 0.15) is 16.1 Å². The number of carbonyl (C=O) groups is 1. The third-order valence-corrected chi connectivity index (χ3v) is 3.75. The zero-order valence-electron chi connectivity index (χ0n) is 13.0. The summed E-state index contributed by atoms with van der Waals surface area (Å²) in [6.07, 6.45) is 2.89. The normalized spacial score (nSPS) is 10.3. The Balaban J connectivity index is 1.62. The summed E-state index contributed by atoms with van der Waals surface area (Å²) < 4.78 is 0. The van der Waals surface area contributed by atoms with E-state index in [0.717, 1.165) is 5.56 Å². The van der Waals surface area contributed by atoms with E-state index in [1.54, 1.807) is 18.2 Å². The molecule has 1 aromatic heterocycles. The van der Waals surface area contributed by atoms with Crippen molar-refractivity contribution in [1.82, 2.24) is 15.3 Å². The Morgan fingerprint density at radius 1 is 0.960 bits per heavy atom. The van der Waals surface area contributed by atoms with Crippen LogP contribution in [-0.2, 0) is 6.54 Å². The quantitative estimate of drug-likeness (QED) is 0.693. The van der Waals surface area contributed by atoms with Gasteiger partial charge in [0.1, 0.15) is 11.5 Å². The minimum Gasteiger partial charge on any atom is -0.347 e. The minimum atomic E-state index is -0.284. The smallest absolute Gasteiger partial charge is 0.271 e. The number of nitrogens with one attached hydrogen (secondary N) is 2. The van der Waals surface area contributed by atoms with Crippen LogP contribution in [0.4, 0.5) is 11.5 Å². The summed E-state index contributed by atoms with van der Waals surface area (Å²) in [6, 6.07) is 14.7. The van der Waals surface area contributed by atoms with Crippen LogP contribution in [0.3, 0.4) is 0 Å². The van der Waals surface area contributed by atoms with E-state index in [0.29, 0.717) is 28.1 Å². The molecular formula is C18H14Cl2N4O. The summed E-state index contributed by atoms with van der Waals surface area (Å²) in [4.78, 5) is 20.4. The van der Waals surface area contributed by atoms with Gasteiger partial charge in [-0.05, 0) is 23.8 Å². The van der Waals surface area contributed by atoms with Crippen molar-refractivity contribution in [1.29, 1.82) is 0 Å². The van der Waals surface area contributed by atoms with Crippen molar-refractivity contribution < 1.29 is 4.79 Å². The molecule has 2 aromatic carbocycles. The Kier molecular flexibility index (Phi) is 5.48. The highest BCUT2D eigenvalue weighted by atomic mass is 35.5. The maximum atomic E-state index is 12.1. The van der Waals surface area contributed by atoms with Crippen LogP contribution < -0.4 is 10.6 Å². The van der Waals surface area contributed by atoms with Gasteiger partial charge in [0.05, 0.1) is 12.4 Å². The molecule has 1 amide bonds. The largest absolute Gasteiger partial charge is 0.347 e. The third-order valence-electron chi connectivity index (χ3n) is 3.32. The molecule has 126 valence electrons. The number of hydrogen-bond donors (Lipinski definition) is 2. The summed E-state index contributed by atoms with van der Waals surface area (Å²) in [6.45, 7) is 0.433. The number of nitrogens with zero attached hydrogens (tertiary/aromatic N) is 2. The van der Waals surface area contributed by atoms with Crippen LogP contribution in [0.5, 0.6) is 0 Å². The van der Waals surface area contributed by atoms with Gasteiger partial charge in [-0.3, -0.25) is 4.79 Å². The molecule has 7 heteroatoms. The van der Waals surface area contributed by atoms with E-state index < -0.39 is 0 Å². The number of aromatic nitrogens is 2. The second-order valence-electron chi connectivity index (χ2n) is 5.24. The first-order valence-corrected chi connectivity index (χ1v) is 8.23. The number of amides is 1. The molecule has 5 nitrogen and oxygen atoms in total. The second-order valence-corrected chi connectivity index (χ2v) is 6.11. The molecule has 2 N–H and O–H groups in total. The first-order chi connectivity index (χ1) is 12.1. The average Bonchev–Trinajstić information content (AvgIpc) is 2.60. The predicted octanol–water partition coefficient (Wildman–Crippen LogP) is 4.46. The van der Waals surface area contributed by atoms with E-state index in [4.69, 9.17) is 23.2 Å². The first-order valence-electron chi connectivity index (χ1n) is 7.47. The number of anilines is 2. The van der Waals surface area contributed by atoms with E-state index in [9.17, 15) is 4.79 Å². The molecule has 3 aromatic rings. The van der Waals surface area contributed by atoms with Crippen molar-refractivity contribution in [2.75, 3.05) is 5.32 Å². The van der Waals surface area contributed by atoms with E-state index >= 15 is 0 Å². The summed E-state index contributed by atoms with van der Waals surface area (Å²) in [5.41, 5.74) is 1.94. The summed E-state index contributed by atoms with van der Waals surface area (Å²) in [5.74, 6) is 0.201. The highest BCUT2D eigenvalue weighted by molar-refractivity contribution is 6.35. The van der Waals surface area contributed by atoms with Crippen molar-refractivity contribution in [3.63, 3.8) is 0 Å². The Hall–Kier alpha value is -2.63. The molecule has 0 saturated heterocycles. The molecule has 0 atom stereocenters. The molecule has 3 rings (SSSR count). The maximum absolute atomic E-state index is 12.1. The Labute approximate surface area is 155 Å². The van der Waals surface area contributed by atoms with Crippen LogP contribution in [-0.4, -0.2) is 15.9 Å². The van der Waals surface area contributed by atoms with Gasteiger partial charge in [-0.15, -0.1) is 0 Å². The SMILES string of the molecule is O=C(NCc1ccccc1)c1cnc(Nc2cc(Cl)cc(Cl)c2)cn1. The Morgan fingerprint density at radius 3 is 2.32 bits per heavy atom. The molecule has 0 spiro atoms. The Bertz CT molecular complexity index is 850. The standard InChI is InChI=1S/C18H14Cl2N4O/c19-13-6-14(20)8-15(7-13)24-17-11-21-16(10-22-17)18(25)23-9-12-4-2-1-3-5-12/h1-8,10-11H,9H2,(H,22,24)(H,23,25). The summed E-state index contributed by atoms with van der Waals surface area (Å²) in [5, 5.41) is 6.87. The lowest BCUT2D eigenvalue weighted by atomic mass is 10.2. The molecule has 0 aliphatic rings. The van der Waals surface area contributed by atoms with Crippen molar-refractivity contribution in [3.05, 3.63) is 82.2 Å². The van der Waals surface area contributed by atoms with Gasteiger partial charge < -0.3 is 10.6 Å². The zero-order valence-corrected chi connectivity index (χ0v) is 14.6. The number of carbonyl (C=O) groups excluding carboxylic acids is 1. The average molecular weight is 373 g/mol. The van der Waals surface area contributed by atoms with Gasteiger partial charge in [0.15, 0.2) is 0 Å². The van der Waals surface area contributed by atoms with Crippen LogP contribution in [0.25, 0.3) is 0 Å². The number of benzene rings is 2. The third kappa shape index (κ3) is 4.92. The monoisotopic (exact) mass is 372 g/mol. The van der Waals surface area contributed by atoms with E-state index in [2.05, 4.69) is 20.6 Å².